The Labute approximate surface area is 243 Å². The smallest absolute Gasteiger partial charge is 0.303 e. The summed E-state index contributed by atoms with van der Waals surface area (Å²) in [6.07, 6.45) is 13.3. The normalized spacial score (nSPS) is 16.6. The summed E-state index contributed by atoms with van der Waals surface area (Å²) < 4.78 is 0. The lowest BCUT2D eigenvalue weighted by molar-refractivity contribution is -0.138. The van der Waals surface area contributed by atoms with Gasteiger partial charge in [0.05, 0.1) is 0 Å². The molecule has 0 amide bonds. The van der Waals surface area contributed by atoms with Crippen molar-refractivity contribution in [1.82, 2.24) is 19.9 Å². The van der Waals surface area contributed by atoms with Crippen LogP contribution in [0.2, 0.25) is 0 Å². The number of carboxylic acids is 2. The molecule has 8 bridgehead atoms. The first kappa shape index (κ1) is 28.8. The molecule has 0 unspecified atom stereocenters. The van der Waals surface area contributed by atoms with Crippen LogP contribution < -0.4 is 31.8 Å². The zero-order valence-electron chi connectivity index (χ0n) is 25.0. The number of aromatic amines is 4. The van der Waals surface area contributed by atoms with Gasteiger partial charge >= 0.3 is 11.9 Å². The van der Waals surface area contributed by atoms with Crippen LogP contribution in [0.5, 0.6) is 0 Å². The standard InChI is InChI=1S/C34H38N4O4/c1-7-21-17(3)25-13-26-19(5)23(9-11-33(39)40)31(37-26)16-32-24(10-12-34(41)42)20(6)28(38-32)15-30-22(8-2)18(4)27(36-30)14-29(21)35-25/h7-8,13-16,35-38H,9-12H2,1-6H3,(H,39,40)(H,41,42)/b21-7+,22-8+,26-13+,29-14-,30-15-,31-16-. The molecule has 0 fully saturated rings. The van der Waals surface area contributed by atoms with E-state index in [1.54, 1.807) is 0 Å². The molecular formula is C34H38N4O4. The van der Waals surface area contributed by atoms with Crippen LogP contribution in [-0.4, -0.2) is 42.1 Å². The van der Waals surface area contributed by atoms with Crippen LogP contribution in [0.25, 0.3) is 36.5 Å². The monoisotopic (exact) mass is 566 g/mol. The van der Waals surface area contributed by atoms with E-state index in [0.29, 0.717) is 12.8 Å². The van der Waals surface area contributed by atoms with E-state index in [4.69, 9.17) is 0 Å². The van der Waals surface area contributed by atoms with E-state index in [1.807, 2.05) is 33.8 Å². The van der Waals surface area contributed by atoms with Crippen molar-refractivity contribution in [2.45, 2.75) is 67.2 Å². The number of nitrogens with one attached hydrogen (secondary N) is 4. The van der Waals surface area contributed by atoms with Crippen molar-refractivity contribution in [3.63, 3.8) is 0 Å². The summed E-state index contributed by atoms with van der Waals surface area (Å²) in [6.45, 7) is 12.3. The lowest BCUT2D eigenvalue weighted by atomic mass is 10.0. The molecular weight excluding hydrogens is 528 g/mol. The van der Waals surface area contributed by atoms with E-state index in [1.165, 1.54) is 0 Å². The van der Waals surface area contributed by atoms with Crippen LogP contribution in [0.15, 0.2) is 0 Å². The number of aromatic nitrogens is 4. The number of hydrogen-bond donors (Lipinski definition) is 6. The Kier molecular flexibility index (Phi) is 7.73. The van der Waals surface area contributed by atoms with Crippen LogP contribution >= 0.6 is 0 Å². The van der Waals surface area contributed by atoms with Crippen molar-refractivity contribution < 1.29 is 19.8 Å². The molecule has 0 atom stereocenters. The fourth-order valence-electron chi connectivity index (χ4n) is 6.15. The summed E-state index contributed by atoms with van der Waals surface area (Å²) in [7, 11) is 0. The number of hydrogen-bond acceptors (Lipinski definition) is 2. The van der Waals surface area contributed by atoms with Crippen LogP contribution in [0.3, 0.4) is 0 Å². The highest BCUT2D eigenvalue weighted by Crippen LogP contribution is 2.22. The Morgan fingerprint density at radius 3 is 1.52 bits per heavy atom. The minimum absolute atomic E-state index is 0.00727. The summed E-state index contributed by atoms with van der Waals surface area (Å²) in [6, 6.07) is 0. The minimum Gasteiger partial charge on any atom is -0.481 e. The van der Waals surface area contributed by atoms with Crippen LogP contribution in [0.1, 0.15) is 82.8 Å². The van der Waals surface area contributed by atoms with Gasteiger partial charge in [0.2, 0.25) is 0 Å². The van der Waals surface area contributed by atoms with Gasteiger partial charge in [-0.3, -0.25) is 9.59 Å². The summed E-state index contributed by atoms with van der Waals surface area (Å²) in [5.41, 5.74) is 9.79. The van der Waals surface area contributed by atoms with Gasteiger partial charge in [-0.25, -0.2) is 0 Å². The molecule has 0 aromatic carbocycles. The molecule has 8 nitrogen and oxygen atoms in total. The van der Waals surface area contributed by atoms with E-state index in [2.05, 4.69) is 64.2 Å². The topological polar surface area (TPSA) is 138 Å². The molecule has 0 spiro atoms. The van der Waals surface area contributed by atoms with Gasteiger partial charge < -0.3 is 30.1 Å². The van der Waals surface area contributed by atoms with Crippen molar-refractivity contribution in [1.29, 1.82) is 0 Å². The highest BCUT2D eigenvalue weighted by molar-refractivity contribution is 5.69. The molecule has 6 N–H and O–H groups in total. The second-order valence-electron chi connectivity index (χ2n) is 11.0. The average Bonchev–Trinajstić information content (AvgIpc) is 3.59. The fraction of sp³-hybridized carbons (Fsp3) is 0.294. The van der Waals surface area contributed by atoms with E-state index < -0.39 is 11.9 Å². The zero-order valence-corrected chi connectivity index (χ0v) is 25.0. The van der Waals surface area contributed by atoms with Gasteiger partial charge in [0.15, 0.2) is 0 Å². The molecule has 1 aliphatic rings. The van der Waals surface area contributed by atoms with Gasteiger partial charge in [0.1, 0.15) is 0 Å². The number of carbonyl (C=O) groups is 2. The maximum Gasteiger partial charge on any atom is 0.303 e. The Bertz CT molecular complexity index is 2110. The van der Waals surface area contributed by atoms with E-state index in [-0.39, 0.29) is 12.8 Å². The zero-order chi connectivity index (χ0) is 30.3. The number of carboxylic acid groups (broad SMARTS) is 2. The third-order valence-corrected chi connectivity index (χ3v) is 8.55. The lowest BCUT2D eigenvalue weighted by Crippen LogP contribution is -2.24. The van der Waals surface area contributed by atoms with Crippen LogP contribution in [0, 0.1) is 27.7 Å². The van der Waals surface area contributed by atoms with Gasteiger partial charge in [-0.15, -0.1) is 0 Å². The van der Waals surface area contributed by atoms with Crippen LogP contribution in [0.4, 0.5) is 0 Å². The number of H-pyrrole nitrogens is 4. The maximum absolute atomic E-state index is 11.5. The molecule has 5 heterocycles. The quantitative estimate of drug-likeness (QED) is 0.186. The van der Waals surface area contributed by atoms with Crippen molar-refractivity contribution in [3.05, 3.63) is 88.0 Å². The van der Waals surface area contributed by atoms with Crippen molar-refractivity contribution in [2.24, 2.45) is 0 Å². The molecule has 1 aliphatic heterocycles. The third-order valence-electron chi connectivity index (χ3n) is 8.55. The molecule has 5 rings (SSSR count). The molecule has 218 valence electrons. The fourth-order valence-corrected chi connectivity index (χ4v) is 6.15. The van der Waals surface area contributed by atoms with Crippen molar-refractivity contribution >= 4 is 48.4 Å². The Morgan fingerprint density at radius 2 is 1.02 bits per heavy atom. The first-order valence-electron chi connectivity index (χ1n) is 14.3. The van der Waals surface area contributed by atoms with Gasteiger partial charge in [-0.1, -0.05) is 12.2 Å². The first-order chi connectivity index (χ1) is 20.0. The van der Waals surface area contributed by atoms with Crippen LogP contribution in [-0.2, 0) is 22.4 Å². The maximum atomic E-state index is 11.5. The predicted molar refractivity (Wildman–Crippen MR) is 166 cm³/mol. The lowest BCUT2D eigenvalue weighted by Gasteiger charge is -2.01. The highest BCUT2D eigenvalue weighted by atomic mass is 16.4. The Morgan fingerprint density at radius 1 is 0.571 bits per heavy atom. The largest absolute Gasteiger partial charge is 0.481 e. The molecule has 0 saturated heterocycles. The van der Waals surface area contributed by atoms with E-state index >= 15 is 0 Å². The third kappa shape index (κ3) is 5.20. The second kappa shape index (κ2) is 11.3. The van der Waals surface area contributed by atoms with Crippen molar-refractivity contribution in [2.75, 3.05) is 0 Å². The first-order valence-corrected chi connectivity index (χ1v) is 14.3. The van der Waals surface area contributed by atoms with E-state index in [0.717, 1.165) is 88.0 Å². The second-order valence-corrected chi connectivity index (χ2v) is 11.0. The molecule has 0 saturated carbocycles. The molecule has 0 radical (unpaired) electrons. The Hall–Kier alpha value is -4.72. The number of aliphatic carboxylic acids is 2. The van der Waals surface area contributed by atoms with Gasteiger partial charge in [-0.2, -0.15) is 0 Å². The van der Waals surface area contributed by atoms with Gasteiger partial charge in [0, 0.05) is 57.0 Å². The average molecular weight is 567 g/mol. The summed E-state index contributed by atoms with van der Waals surface area (Å²) in [5, 5.41) is 24.9. The molecule has 42 heavy (non-hydrogen) atoms. The summed E-state index contributed by atoms with van der Waals surface area (Å²) in [4.78, 5) is 37.4. The van der Waals surface area contributed by atoms with Crippen molar-refractivity contribution in [3.8, 4) is 0 Å². The summed E-state index contributed by atoms with van der Waals surface area (Å²) in [5.74, 6) is -1.71. The number of fused-ring (bicyclic) bond motifs is 8. The molecule has 0 aliphatic carbocycles. The van der Waals surface area contributed by atoms with E-state index in [9.17, 15) is 19.8 Å². The highest BCUT2D eigenvalue weighted by Gasteiger charge is 2.16. The van der Waals surface area contributed by atoms with Gasteiger partial charge in [-0.05, 0) is 123 Å². The Balaban J connectivity index is 1.94. The van der Waals surface area contributed by atoms with Gasteiger partial charge in [0.25, 0.3) is 0 Å². The molecule has 4 aromatic rings. The number of rotatable bonds is 6. The SMILES string of the molecule is C/C=c1\c(C)c2[nH]\c1=C/c1[nH]c(c(CCC(=O)O)c1C)/C=c1\[nH]/c(c(C)c1CCC(=O)O)=C/c1[nH]c(/c(=C/C)c1C)=C\2. The molecule has 4 aromatic heterocycles. The minimum atomic E-state index is -0.854. The predicted octanol–water partition coefficient (Wildman–Crippen LogP) is 1.50. The molecule has 8 heteroatoms. The summed E-state index contributed by atoms with van der Waals surface area (Å²) >= 11 is 0.